The molecule has 0 saturated carbocycles. The highest BCUT2D eigenvalue weighted by molar-refractivity contribution is 9.13. The number of hydrogen-bond donors (Lipinski definition) is 1. The molecule has 0 aliphatic rings. The zero-order valence-corrected chi connectivity index (χ0v) is 13.5. The summed E-state index contributed by atoms with van der Waals surface area (Å²) < 4.78 is 2.18. The minimum Gasteiger partial charge on any atom is -0.319 e. The van der Waals surface area contributed by atoms with Gasteiger partial charge in [0.2, 0.25) is 0 Å². The zero-order chi connectivity index (χ0) is 11.7. The van der Waals surface area contributed by atoms with Crippen LogP contribution >= 0.6 is 54.5 Å². The molecule has 0 saturated heterocycles. The standard InChI is InChI=1S/C11H11Br2NS2/c1-2-6-3-4-8(15-6)10(14)9-5-7(12)11(13)16-9/h3-5,10H,2,14H2,1H3. The lowest BCUT2D eigenvalue weighted by atomic mass is 10.2. The molecule has 1 atom stereocenters. The van der Waals surface area contributed by atoms with Crippen LogP contribution in [0.15, 0.2) is 26.5 Å². The SMILES string of the molecule is CCc1ccc(C(N)c2cc(Br)c(Br)s2)s1. The Balaban J connectivity index is 2.27. The number of aryl methyl sites for hydroxylation is 1. The molecule has 1 unspecified atom stereocenters. The van der Waals surface area contributed by atoms with Gasteiger partial charge in [0.25, 0.3) is 0 Å². The van der Waals surface area contributed by atoms with E-state index >= 15 is 0 Å². The molecule has 0 bridgehead atoms. The molecule has 0 aromatic carbocycles. The molecule has 2 heterocycles. The second-order valence-corrected chi connectivity index (χ2v) is 7.86. The van der Waals surface area contributed by atoms with Crippen LogP contribution in [0.2, 0.25) is 0 Å². The Labute approximate surface area is 120 Å². The molecule has 2 rings (SSSR count). The van der Waals surface area contributed by atoms with E-state index in [4.69, 9.17) is 5.73 Å². The summed E-state index contributed by atoms with van der Waals surface area (Å²) in [6.45, 7) is 2.17. The summed E-state index contributed by atoms with van der Waals surface area (Å²) in [6.07, 6.45) is 1.08. The fraction of sp³-hybridized carbons (Fsp3) is 0.273. The first-order chi connectivity index (χ1) is 7.61. The minimum absolute atomic E-state index is 0.00194. The average Bonchev–Trinajstić information content (AvgIpc) is 2.86. The Hall–Kier alpha value is 0.320. The van der Waals surface area contributed by atoms with Crippen molar-refractivity contribution in [1.29, 1.82) is 0 Å². The van der Waals surface area contributed by atoms with Gasteiger partial charge < -0.3 is 5.73 Å². The molecule has 0 aliphatic heterocycles. The fourth-order valence-electron chi connectivity index (χ4n) is 1.41. The molecule has 0 spiro atoms. The molecule has 16 heavy (non-hydrogen) atoms. The van der Waals surface area contributed by atoms with Crippen LogP contribution in [-0.4, -0.2) is 0 Å². The first kappa shape index (κ1) is 12.8. The Kier molecular flexibility index (Phi) is 4.24. The van der Waals surface area contributed by atoms with Gasteiger partial charge >= 0.3 is 0 Å². The van der Waals surface area contributed by atoms with Crippen LogP contribution in [0.3, 0.4) is 0 Å². The van der Waals surface area contributed by atoms with E-state index in [1.165, 1.54) is 14.6 Å². The number of hydrogen-bond acceptors (Lipinski definition) is 3. The van der Waals surface area contributed by atoms with Crippen molar-refractivity contribution in [1.82, 2.24) is 0 Å². The predicted molar refractivity (Wildman–Crippen MR) is 79.4 cm³/mol. The third-order valence-corrected chi connectivity index (χ3v) is 6.96. The molecule has 86 valence electrons. The lowest BCUT2D eigenvalue weighted by Gasteiger charge is -2.05. The van der Waals surface area contributed by atoms with Crippen molar-refractivity contribution >= 4 is 54.5 Å². The molecular formula is C11H11Br2NS2. The van der Waals surface area contributed by atoms with E-state index in [9.17, 15) is 0 Å². The van der Waals surface area contributed by atoms with Crippen LogP contribution in [0.4, 0.5) is 0 Å². The summed E-state index contributed by atoms with van der Waals surface area (Å²) in [7, 11) is 0. The van der Waals surface area contributed by atoms with E-state index in [1.807, 2.05) is 0 Å². The van der Waals surface area contributed by atoms with E-state index in [-0.39, 0.29) is 6.04 Å². The van der Waals surface area contributed by atoms with Gasteiger partial charge in [-0.3, -0.25) is 0 Å². The smallest absolute Gasteiger partial charge is 0.0843 e. The van der Waals surface area contributed by atoms with Crippen LogP contribution in [0, 0.1) is 0 Å². The fourth-order valence-corrected chi connectivity index (χ4v) is 4.57. The first-order valence-corrected chi connectivity index (χ1v) is 8.12. The largest absolute Gasteiger partial charge is 0.319 e. The van der Waals surface area contributed by atoms with Gasteiger partial charge in [0.1, 0.15) is 0 Å². The van der Waals surface area contributed by atoms with E-state index in [0.29, 0.717) is 0 Å². The van der Waals surface area contributed by atoms with Gasteiger partial charge in [0.15, 0.2) is 0 Å². The minimum atomic E-state index is -0.00194. The van der Waals surface area contributed by atoms with Gasteiger partial charge in [-0.15, -0.1) is 22.7 Å². The number of thiophene rings is 2. The third kappa shape index (κ3) is 2.59. The zero-order valence-electron chi connectivity index (χ0n) is 8.67. The predicted octanol–water partition coefficient (Wildman–Crippen LogP) is 4.95. The van der Waals surface area contributed by atoms with Crippen molar-refractivity contribution in [2.45, 2.75) is 19.4 Å². The first-order valence-electron chi connectivity index (χ1n) is 4.90. The van der Waals surface area contributed by atoms with Crippen LogP contribution in [0.25, 0.3) is 0 Å². The van der Waals surface area contributed by atoms with Crippen LogP contribution in [0.5, 0.6) is 0 Å². The Morgan fingerprint density at radius 1 is 1.25 bits per heavy atom. The molecule has 5 heteroatoms. The molecule has 0 aliphatic carbocycles. The second-order valence-electron chi connectivity index (χ2n) is 3.41. The van der Waals surface area contributed by atoms with Gasteiger partial charge in [-0.2, -0.15) is 0 Å². The molecule has 0 amide bonds. The Morgan fingerprint density at radius 3 is 2.50 bits per heavy atom. The van der Waals surface area contributed by atoms with Gasteiger partial charge in [0, 0.05) is 19.1 Å². The van der Waals surface area contributed by atoms with Crippen molar-refractivity contribution in [3.63, 3.8) is 0 Å². The topological polar surface area (TPSA) is 26.0 Å². The highest BCUT2D eigenvalue weighted by atomic mass is 79.9. The molecule has 0 fully saturated rings. The molecule has 2 aromatic heterocycles. The molecular weight excluding hydrogens is 370 g/mol. The van der Waals surface area contributed by atoms with Crippen molar-refractivity contribution in [3.8, 4) is 0 Å². The summed E-state index contributed by atoms with van der Waals surface area (Å²) >= 11 is 10.5. The van der Waals surface area contributed by atoms with Crippen molar-refractivity contribution in [2.24, 2.45) is 5.73 Å². The van der Waals surface area contributed by atoms with Crippen LogP contribution in [0.1, 0.15) is 27.6 Å². The second kappa shape index (κ2) is 5.31. The number of halogens is 2. The maximum absolute atomic E-state index is 6.25. The van der Waals surface area contributed by atoms with E-state index in [1.54, 1.807) is 22.7 Å². The monoisotopic (exact) mass is 379 g/mol. The van der Waals surface area contributed by atoms with E-state index in [2.05, 4.69) is 57.0 Å². The lowest BCUT2D eigenvalue weighted by molar-refractivity contribution is 0.917. The highest BCUT2D eigenvalue weighted by Crippen LogP contribution is 2.38. The Morgan fingerprint density at radius 2 is 2.00 bits per heavy atom. The normalized spacial score (nSPS) is 13.0. The van der Waals surface area contributed by atoms with Gasteiger partial charge in [-0.05, 0) is 56.5 Å². The van der Waals surface area contributed by atoms with Crippen molar-refractivity contribution in [2.75, 3.05) is 0 Å². The van der Waals surface area contributed by atoms with Crippen molar-refractivity contribution in [3.05, 3.63) is 41.1 Å². The van der Waals surface area contributed by atoms with Crippen LogP contribution < -0.4 is 5.73 Å². The third-order valence-electron chi connectivity index (χ3n) is 2.31. The summed E-state index contributed by atoms with van der Waals surface area (Å²) in [6, 6.07) is 6.38. The Bertz CT molecular complexity index is 470. The summed E-state index contributed by atoms with van der Waals surface area (Å²) in [4.78, 5) is 3.81. The molecule has 2 N–H and O–H groups in total. The maximum Gasteiger partial charge on any atom is 0.0843 e. The maximum atomic E-state index is 6.25. The summed E-state index contributed by atoms with van der Waals surface area (Å²) in [5.74, 6) is 0. The molecule has 0 radical (unpaired) electrons. The summed E-state index contributed by atoms with van der Waals surface area (Å²) in [5.41, 5.74) is 6.25. The molecule has 2 aromatic rings. The van der Waals surface area contributed by atoms with Crippen molar-refractivity contribution < 1.29 is 0 Å². The van der Waals surface area contributed by atoms with Gasteiger partial charge in [-0.1, -0.05) is 6.92 Å². The lowest BCUT2D eigenvalue weighted by Crippen LogP contribution is -2.07. The quantitative estimate of drug-likeness (QED) is 0.801. The van der Waals surface area contributed by atoms with Gasteiger partial charge in [-0.25, -0.2) is 0 Å². The highest BCUT2D eigenvalue weighted by Gasteiger charge is 2.15. The van der Waals surface area contributed by atoms with E-state index < -0.39 is 0 Å². The molecule has 1 nitrogen and oxygen atoms in total. The number of nitrogens with two attached hydrogens (primary N) is 1. The van der Waals surface area contributed by atoms with Gasteiger partial charge in [0.05, 0.1) is 9.83 Å². The summed E-state index contributed by atoms with van der Waals surface area (Å²) in [5, 5.41) is 0. The number of rotatable bonds is 3. The van der Waals surface area contributed by atoms with E-state index in [0.717, 1.165) is 14.7 Å². The van der Waals surface area contributed by atoms with Crippen LogP contribution in [-0.2, 0) is 6.42 Å². The average molecular weight is 381 g/mol.